The van der Waals surface area contributed by atoms with Crippen molar-refractivity contribution in [3.63, 3.8) is 0 Å². The van der Waals surface area contributed by atoms with Gasteiger partial charge in [0.2, 0.25) is 11.8 Å². The molecule has 2 amide bonds. The number of nitrogens with one attached hydrogen (secondary N) is 2. The molecule has 1 aliphatic heterocycles. The molecule has 1 aromatic carbocycles. The predicted molar refractivity (Wildman–Crippen MR) is 67.6 cm³/mol. The monoisotopic (exact) mass is 263 g/mol. The molecule has 0 aromatic heterocycles. The van der Waals surface area contributed by atoms with Crippen molar-refractivity contribution in [3.05, 3.63) is 23.8 Å². The standard InChI is InChI=1S/C12H13N3O4/c13-8-5-6(1-2-7(8)12(18)19)14-9-3-4-10(16)15-11(9)17/h1-2,5,9,14H,3-4,13H2,(H,18,19)(H,15,16,17). The van der Waals surface area contributed by atoms with Crippen molar-refractivity contribution in [2.75, 3.05) is 11.1 Å². The minimum absolute atomic E-state index is 0.00817. The van der Waals surface area contributed by atoms with Crippen LogP contribution in [0.3, 0.4) is 0 Å². The summed E-state index contributed by atoms with van der Waals surface area (Å²) in [6.45, 7) is 0. The Balaban J connectivity index is 2.11. The van der Waals surface area contributed by atoms with Gasteiger partial charge in [-0.3, -0.25) is 14.9 Å². The van der Waals surface area contributed by atoms with Crippen LogP contribution in [-0.2, 0) is 9.59 Å². The second-order valence-corrected chi connectivity index (χ2v) is 4.26. The number of nitrogens with two attached hydrogens (primary N) is 1. The second-order valence-electron chi connectivity index (χ2n) is 4.26. The third-order valence-corrected chi connectivity index (χ3v) is 2.86. The summed E-state index contributed by atoms with van der Waals surface area (Å²) in [5.74, 6) is -1.79. The van der Waals surface area contributed by atoms with Gasteiger partial charge in [0, 0.05) is 17.8 Å². The molecule has 0 radical (unpaired) electrons. The first-order valence-corrected chi connectivity index (χ1v) is 5.70. The van der Waals surface area contributed by atoms with Gasteiger partial charge in [-0.25, -0.2) is 4.79 Å². The first-order chi connectivity index (χ1) is 8.97. The van der Waals surface area contributed by atoms with Crippen LogP contribution in [0.1, 0.15) is 23.2 Å². The lowest BCUT2D eigenvalue weighted by molar-refractivity contribution is -0.133. The maximum atomic E-state index is 11.5. The Labute approximate surface area is 108 Å². The fraction of sp³-hybridized carbons (Fsp3) is 0.250. The number of amides is 2. The third kappa shape index (κ3) is 2.82. The van der Waals surface area contributed by atoms with Gasteiger partial charge in [0.15, 0.2) is 0 Å². The Morgan fingerprint density at radius 1 is 1.42 bits per heavy atom. The van der Waals surface area contributed by atoms with Crippen LogP contribution in [-0.4, -0.2) is 28.9 Å². The predicted octanol–water partition coefficient (Wildman–Crippen LogP) is 0.184. The lowest BCUT2D eigenvalue weighted by atomic mass is 10.1. The summed E-state index contributed by atoms with van der Waals surface area (Å²) in [5.41, 5.74) is 6.27. The van der Waals surface area contributed by atoms with Crippen molar-refractivity contribution in [1.82, 2.24) is 5.32 Å². The lowest BCUT2D eigenvalue weighted by Gasteiger charge is -2.23. The molecule has 100 valence electrons. The number of anilines is 2. The van der Waals surface area contributed by atoms with Gasteiger partial charge in [-0.15, -0.1) is 0 Å². The summed E-state index contributed by atoms with van der Waals surface area (Å²) in [4.78, 5) is 33.4. The van der Waals surface area contributed by atoms with Crippen molar-refractivity contribution >= 4 is 29.2 Å². The van der Waals surface area contributed by atoms with E-state index in [2.05, 4.69) is 10.6 Å². The van der Waals surface area contributed by atoms with E-state index in [0.717, 1.165) is 0 Å². The topological polar surface area (TPSA) is 122 Å². The molecule has 1 heterocycles. The van der Waals surface area contributed by atoms with Crippen LogP contribution in [0, 0.1) is 0 Å². The molecule has 1 aromatic rings. The zero-order chi connectivity index (χ0) is 14.0. The zero-order valence-corrected chi connectivity index (χ0v) is 9.97. The number of aromatic carboxylic acids is 1. The van der Waals surface area contributed by atoms with E-state index in [1.807, 2.05) is 0 Å². The van der Waals surface area contributed by atoms with E-state index >= 15 is 0 Å². The molecular formula is C12H13N3O4. The summed E-state index contributed by atoms with van der Waals surface area (Å²) in [5, 5.41) is 14.0. The molecule has 1 saturated heterocycles. The first kappa shape index (κ1) is 12.9. The molecule has 1 atom stereocenters. The Morgan fingerprint density at radius 3 is 2.74 bits per heavy atom. The number of hydrogen-bond acceptors (Lipinski definition) is 5. The number of carboxylic acids is 1. The van der Waals surface area contributed by atoms with Gasteiger partial charge in [0.1, 0.15) is 6.04 Å². The highest BCUT2D eigenvalue weighted by Crippen LogP contribution is 2.20. The molecular weight excluding hydrogens is 250 g/mol. The Kier molecular flexibility index (Phi) is 3.37. The van der Waals surface area contributed by atoms with Crippen LogP contribution in [0.4, 0.5) is 11.4 Å². The van der Waals surface area contributed by atoms with Crippen molar-refractivity contribution in [3.8, 4) is 0 Å². The largest absolute Gasteiger partial charge is 0.478 e. The van der Waals surface area contributed by atoms with E-state index in [9.17, 15) is 14.4 Å². The molecule has 7 heteroatoms. The number of carboxylic acid groups (broad SMARTS) is 1. The quantitative estimate of drug-likeness (QED) is 0.456. The molecule has 5 N–H and O–H groups in total. The van der Waals surface area contributed by atoms with Gasteiger partial charge in [-0.1, -0.05) is 0 Å². The average Bonchev–Trinajstić information content (AvgIpc) is 2.32. The lowest BCUT2D eigenvalue weighted by Crippen LogP contribution is -2.47. The van der Waals surface area contributed by atoms with Gasteiger partial charge >= 0.3 is 5.97 Å². The number of carbonyl (C=O) groups is 3. The van der Waals surface area contributed by atoms with Crippen LogP contribution in [0.2, 0.25) is 0 Å². The summed E-state index contributed by atoms with van der Waals surface area (Å²) in [7, 11) is 0. The Bertz CT molecular complexity index is 556. The number of hydrogen-bond donors (Lipinski definition) is 4. The minimum atomic E-state index is -1.11. The molecule has 19 heavy (non-hydrogen) atoms. The fourth-order valence-corrected chi connectivity index (χ4v) is 1.88. The van der Waals surface area contributed by atoms with Crippen LogP contribution in [0.5, 0.6) is 0 Å². The van der Waals surface area contributed by atoms with Crippen LogP contribution < -0.4 is 16.4 Å². The van der Waals surface area contributed by atoms with Crippen molar-refractivity contribution < 1.29 is 19.5 Å². The molecule has 1 unspecified atom stereocenters. The zero-order valence-electron chi connectivity index (χ0n) is 9.97. The smallest absolute Gasteiger partial charge is 0.337 e. The normalized spacial score (nSPS) is 18.8. The molecule has 0 bridgehead atoms. The Morgan fingerprint density at radius 2 is 2.16 bits per heavy atom. The summed E-state index contributed by atoms with van der Waals surface area (Å²) in [6, 6.07) is 3.83. The van der Waals surface area contributed by atoms with E-state index in [0.29, 0.717) is 12.1 Å². The van der Waals surface area contributed by atoms with Crippen molar-refractivity contribution in [1.29, 1.82) is 0 Å². The summed E-state index contributed by atoms with van der Waals surface area (Å²) < 4.78 is 0. The SMILES string of the molecule is Nc1cc(NC2CCC(=O)NC2=O)ccc1C(=O)O. The minimum Gasteiger partial charge on any atom is -0.478 e. The van der Waals surface area contributed by atoms with E-state index in [1.54, 1.807) is 0 Å². The highest BCUT2D eigenvalue weighted by atomic mass is 16.4. The van der Waals surface area contributed by atoms with Gasteiger partial charge in [-0.2, -0.15) is 0 Å². The fourth-order valence-electron chi connectivity index (χ4n) is 1.88. The number of piperidine rings is 1. The van der Waals surface area contributed by atoms with E-state index in [-0.39, 0.29) is 23.6 Å². The molecule has 1 fully saturated rings. The number of nitrogen functional groups attached to an aromatic ring is 1. The molecule has 0 aliphatic carbocycles. The van der Waals surface area contributed by atoms with Gasteiger partial charge in [0.05, 0.1) is 5.56 Å². The number of rotatable bonds is 3. The summed E-state index contributed by atoms with van der Waals surface area (Å²) >= 11 is 0. The summed E-state index contributed by atoms with van der Waals surface area (Å²) in [6.07, 6.45) is 0.664. The number of benzene rings is 1. The first-order valence-electron chi connectivity index (χ1n) is 5.70. The molecule has 1 aliphatic rings. The maximum absolute atomic E-state index is 11.5. The number of imide groups is 1. The van der Waals surface area contributed by atoms with E-state index in [4.69, 9.17) is 10.8 Å². The van der Waals surface area contributed by atoms with Crippen LogP contribution >= 0.6 is 0 Å². The van der Waals surface area contributed by atoms with E-state index < -0.39 is 17.9 Å². The van der Waals surface area contributed by atoms with Crippen molar-refractivity contribution in [2.45, 2.75) is 18.9 Å². The number of carbonyl (C=O) groups excluding carboxylic acids is 2. The molecule has 7 nitrogen and oxygen atoms in total. The molecule has 0 saturated carbocycles. The average molecular weight is 263 g/mol. The van der Waals surface area contributed by atoms with Crippen LogP contribution in [0.25, 0.3) is 0 Å². The van der Waals surface area contributed by atoms with Crippen molar-refractivity contribution in [2.24, 2.45) is 0 Å². The van der Waals surface area contributed by atoms with Gasteiger partial charge < -0.3 is 16.2 Å². The van der Waals surface area contributed by atoms with Gasteiger partial charge in [-0.05, 0) is 24.6 Å². The highest BCUT2D eigenvalue weighted by Gasteiger charge is 2.26. The van der Waals surface area contributed by atoms with Crippen LogP contribution in [0.15, 0.2) is 18.2 Å². The Hall–Kier alpha value is -2.57. The second kappa shape index (κ2) is 4.97. The molecule has 2 rings (SSSR count). The highest BCUT2D eigenvalue weighted by molar-refractivity contribution is 6.01. The maximum Gasteiger partial charge on any atom is 0.337 e. The van der Waals surface area contributed by atoms with E-state index in [1.165, 1.54) is 18.2 Å². The third-order valence-electron chi connectivity index (χ3n) is 2.86. The molecule has 0 spiro atoms. The van der Waals surface area contributed by atoms with Gasteiger partial charge in [0.25, 0.3) is 0 Å².